The third kappa shape index (κ3) is 2.65. The van der Waals surface area contributed by atoms with E-state index < -0.39 is 11.7 Å². The molecule has 1 aliphatic rings. The highest BCUT2D eigenvalue weighted by Crippen LogP contribution is 2.34. The van der Waals surface area contributed by atoms with Crippen molar-refractivity contribution in [3.63, 3.8) is 0 Å². The first-order valence-corrected chi connectivity index (χ1v) is 7.94. The Bertz CT molecular complexity index is 966. The van der Waals surface area contributed by atoms with Gasteiger partial charge in [0, 0.05) is 22.5 Å². The number of aliphatic imine (C=N–C) groups is 1. The van der Waals surface area contributed by atoms with Gasteiger partial charge in [-0.3, -0.25) is 4.99 Å². The van der Waals surface area contributed by atoms with Crippen molar-refractivity contribution in [2.75, 3.05) is 0 Å². The summed E-state index contributed by atoms with van der Waals surface area (Å²) in [5, 5.41) is 0. The average Bonchev–Trinajstić information content (AvgIpc) is 2.87. The summed E-state index contributed by atoms with van der Waals surface area (Å²) in [5.41, 5.74) is 3.90. The van der Waals surface area contributed by atoms with Crippen LogP contribution in [-0.2, 0) is 12.7 Å². The summed E-state index contributed by atoms with van der Waals surface area (Å²) in [7, 11) is 0. The van der Waals surface area contributed by atoms with Crippen molar-refractivity contribution in [2.45, 2.75) is 19.6 Å². The van der Waals surface area contributed by atoms with Gasteiger partial charge in [-0.15, -0.1) is 0 Å². The summed E-state index contributed by atoms with van der Waals surface area (Å²) in [6, 6.07) is 17.1. The second-order valence-corrected chi connectivity index (χ2v) is 6.06. The molecule has 0 saturated carbocycles. The second-order valence-electron chi connectivity index (χ2n) is 6.06. The Morgan fingerprint density at radius 3 is 2.44 bits per heavy atom. The van der Waals surface area contributed by atoms with Crippen molar-refractivity contribution in [1.29, 1.82) is 0 Å². The molecule has 5 heteroatoms. The van der Waals surface area contributed by atoms with Gasteiger partial charge < -0.3 is 4.57 Å². The van der Waals surface area contributed by atoms with Crippen molar-refractivity contribution < 1.29 is 13.2 Å². The van der Waals surface area contributed by atoms with E-state index in [9.17, 15) is 13.2 Å². The Balaban J connectivity index is 2.01. The van der Waals surface area contributed by atoms with Crippen LogP contribution in [0.15, 0.2) is 65.7 Å². The molecule has 0 unspecified atom stereocenters. The molecule has 0 spiro atoms. The maximum atomic E-state index is 13.3. The van der Waals surface area contributed by atoms with Crippen molar-refractivity contribution in [3.8, 4) is 5.69 Å². The highest BCUT2D eigenvalue weighted by molar-refractivity contribution is 6.15. The number of hydrogen-bond donors (Lipinski definition) is 0. The maximum absolute atomic E-state index is 13.3. The van der Waals surface area contributed by atoms with Crippen LogP contribution < -0.4 is 0 Å². The Kier molecular flexibility index (Phi) is 3.53. The minimum absolute atomic E-state index is 0.425. The summed E-state index contributed by atoms with van der Waals surface area (Å²) in [6.45, 7) is 2.37. The molecule has 0 aliphatic carbocycles. The minimum atomic E-state index is -4.39. The number of hydrogen-bond acceptors (Lipinski definition) is 1. The van der Waals surface area contributed by atoms with E-state index in [2.05, 4.69) is 4.99 Å². The quantitative estimate of drug-likeness (QED) is 0.582. The van der Waals surface area contributed by atoms with E-state index in [1.807, 2.05) is 54.0 Å². The predicted molar refractivity (Wildman–Crippen MR) is 91.3 cm³/mol. The smallest absolute Gasteiger partial charge is 0.316 e. The Morgan fingerprint density at radius 1 is 0.960 bits per heavy atom. The second kappa shape index (κ2) is 5.62. The molecule has 0 amide bonds. The number of nitrogens with zero attached hydrogens (tertiary/aromatic N) is 2. The molecule has 0 saturated heterocycles. The highest BCUT2D eigenvalue weighted by atomic mass is 19.4. The van der Waals surface area contributed by atoms with Gasteiger partial charge in [0.15, 0.2) is 0 Å². The normalized spacial score (nSPS) is 13.7. The zero-order chi connectivity index (χ0) is 17.6. The largest absolute Gasteiger partial charge is 0.416 e. The number of benzene rings is 2. The van der Waals surface area contributed by atoms with E-state index in [0.717, 1.165) is 28.7 Å². The summed E-state index contributed by atoms with van der Waals surface area (Å²) >= 11 is 0. The van der Waals surface area contributed by atoms with E-state index in [0.29, 0.717) is 17.8 Å². The molecular weight excluding hydrogens is 325 g/mol. The van der Waals surface area contributed by atoms with Gasteiger partial charge in [-0.25, -0.2) is 0 Å². The van der Waals surface area contributed by atoms with Crippen LogP contribution in [0.25, 0.3) is 5.69 Å². The minimum Gasteiger partial charge on any atom is -0.316 e. The van der Waals surface area contributed by atoms with Gasteiger partial charge in [0.2, 0.25) is 0 Å². The summed E-state index contributed by atoms with van der Waals surface area (Å²) in [5.74, 6) is 0. The van der Waals surface area contributed by atoms with E-state index in [1.54, 1.807) is 6.07 Å². The van der Waals surface area contributed by atoms with Crippen LogP contribution in [0.3, 0.4) is 0 Å². The van der Waals surface area contributed by atoms with Gasteiger partial charge in [-0.05, 0) is 37.3 Å². The van der Waals surface area contributed by atoms with E-state index in [4.69, 9.17) is 0 Å². The Hall–Kier alpha value is -2.82. The SMILES string of the molecule is Cc1ccc2n1-c1ccc(C(F)(F)F)cc1C(c1ccccc1)=NC2. The molecule has 0 N–H and O–H groups in total. The van der Waals surface area contributed by atoms with Gasteiger partial charge in [-0.1, -0.05) is 30.3 Å². The van der Waals surface area contributed by atoms with E-state index in [1.165, 1.54) is 6.07 Å². The molecule has 126 valence electrons. The van der Waals surface area contributed by atoms with Crippen LogP contribution in [0.4, 0.5) is 13.2 Å². The standard InChI is InChI=1S/C20H15F3N2/c1-13-7-9-16-12-24-19(14-5-3-2-4-6-14)17-11-15(20(21,22)23)8-10-18(17)25(13)16/h2-11H,12H2,1H3. The van der Waals surface area contributed by atoms with Crippen LogP contribution in [0.2, 0.25) is 0 Å². The molecule has 0 atom stereocenters. The molecule has 25 heavy (non-hydrogen) atoms. The first-order chi connectivity index (χ1) is 11.9. The molecule has 3 aromatic rings. The van der Waals surface area contributed by atoms with Gasteiger partial charge in [-0.2, -0.15) is 13.2 Å². The van der Waals surface area contributed by atoms with E-state index >= 15 is 0 Å². The number of rotatable bonds is 1. The number of alkyl halides is 3. The fourth-order valence-corrected chi connectivity index (χ4v) is 3.25. The van der Waals surface area contributed by atoms with Crippen molar-refractivity contribution in [2.24, 2.45) is 4.99 Å². The third-order valence-corrected chi connectivity index (χ3v) is 4.42. The molecule has 0 fully saturated rings. The number of aromatic nitrogens is 1. The lowest BCUT2D eigenvalue weighted by atomic mass is 9.98. The van der Waals surface area contributed by atoms with Crippen LogP contribution in [0, 0.1) is 6.92 Å². The molecule has 2 nitrogen and oxygen atoms in total. The molecule has 0 bridgehead atoms. The predicted octanol–water partition coefficient (Wildman–Crippen LogP) is 5.16. The van der Waals surface area contributed by atoms with Crippen LogP contribution in [0.5, 0.6) is 0 Å². The van der Waals surface area contributed by atoms with Gasteiger partial charge in [0.05, 0.1) is 23.5 Å². The van der Waals surface area contributed by atoms with Crippen LogP contribution in [-0.4, -0.2) is 10.3 Å². The van der Waals surface area contributed by atoms with Crippen molar-refractivity contribution >= 4 is 5.71 Å². The van der Waals surface area contributed by atoms with E-state index in [-0.39, 0.29) is 0 Å². The molecule has 2 aromatic carbocycles. The number of aryl methyl sites for hydroxylation is 1. The van der Waals surface area contributed by atoms with Crippen LogP contribution >= 0.6 is 0 Å². The Labute approximate surface area is 143 Å². The summed E-state index contributed by atoms with van der Waals surface area (Å²) in [6.07, 6.45) is -4.39. The van der Waals surface area contributed by atoms with Crippen molar-refractivity contribution in [3.05, 3.63) is 88.7 Å². The zero-order valence-corrected chi connectivity index (χ0v) is 13.5. The molecule has 2 heterocycles. The number of fused-ring (bicyclic) bond motifs is 3. The lowest BCUT2D eigenvalue weighted by molar-refractivity contribution is -0.137. The Morgan fingerprint density at radius 2 is 1.72 bits per heavy atom. The molecule has 4 rings (SSSR count). The number of halogens is 3. The fraction of sp³-hybridized carbons (Fsp3) is 0.150. The van der Waals surface area contributed by atoms with Crippen LogP contribution in [0.1, 0.15) is 28.1 Å². The summed E-state index contributed by atoms with van der Waals surface area (Å²) < 4.78 is 41.8. The lowest BCUT2D eigenvalue weighted by Crippen LogP contribution is -2.12. The highest BCUT2D eigenvalue weighted by Gasteiger charge is 2.32. The van der Waals surface area contributed by atoms with Gasteiger partial charge in [0.1, 0.15) is 0 Å². The summed E-state index contributed by atoms with van der Waals surface area (Å²) in [4.78, 5) is 4.64. The molecule has 1 aliphatic heterocycles. The average molecular weight is 340 g/mol. The van der Waals surface area contributed by atoms with Crippen molar-refractivity contribution in [1.82, 2.24) is 4.57 Å². The molecular formula is C20H15F3N2. The monoisotopic (exact) mass is 340 g/mol. The van der Waals surface area contributed by atoms with Gasteiger partial charge in [0.25, 0.3) is 0 Å². The first kappa shape index (κ1) is 15.7. The topological polar surface area (TPSA) is 17.3 Å². The molecule has 1 aromatic heterocycles. The zero-order valence-electron chi connectivity index (χ0n) is 13.5. The first-order valence-electron chi connectivity index (χ1n) is 7.94. The fourth-order valence-electron chi connectivity index (χ4n) is 3.25. The molecule has 0 radical (unpaired) electrons. The van der Waals surface area contributed by atoms with Gasteiger partial charge >= 0.3 is 6.18 Å². The third-order valence-electron chi connectivity index (χ3n) is 4.42. The lowest BCUT2D eigenvalue weighted by Gasteiger charge is -2.16. The maximum Gasteiger partial charge on any atom is 0.416 e.